The quantitative estimate of drug-likeness (QED) is 0.820. The minimum absolute atomic E-state index is 0.169. The smallest absolute Gasteiger partial charge is 0.255 e. The first-order valence-electron chi connectivity index (χ1n) is 5.74. The van der Waals surface area contributed by atoms with Crippen LogP contribution in [-0.4, -0.2) is 25.0 Å². The van der Waals surface area contributed by atoms with Crippen molar-refractivity contribution in [2.24, 2.45) is 5.73 Å². The van der Waals surface area contributed by atoms with E-state index in [1.807, 2.05) is 18.2 Å². The summed E-state index contributed by atoms with van der Waals surface area (Å²) in [5.41, 5.74) is 7.10. The number of hydrogen-bond donors (Lipinski definition) is 1. The molecule has 0 aliphatic carbocycles. The fraction of sp³-hybridized carbons (Fsp3) is 0.308. The van der Waals surface area contributed by atoms with Crippen LogP contribution in [0.2, 0.25) is 0 Å². The monoisotopic (exact) mass is 280 g/mol. The van der Waals surface area contributed by atoms with Crippen LogP contribution in [0.25, 0.3) is 0 Å². The average molecular weight is 280 g/mol. The first-order chi connectivity index (χ1) is 9.24. The molecular weight excluding hydrogens is 264 g/mol. The molecule has 0 radical (unpaired) electrons. The minimum Gasteiger partial charge on any atom is -0.497 e. The molecule has 0 fully saturated rings. The number of rotatable bonds is 6. The predicted octanol–water partition coefficient (Wildman–Crippen LogP) is 2.48. The molecule has 1 heterocycles. The maximum absolute atomic E-state index is 6.17. The summed E-state index contributed by atoms with van der Waals surface area (Å²) in [7, 11) is 3.24. The van der Waals surface area contributed by atoms with Crippen LogP contribution in [0.3, 0.4) is 0 Å². The van der Waals surface area contributed by atoms with E-state index in [1.165, 1.54) is 11.8 Å². The van der Waals surface area contributed by atoms with Crippen molar-refractivity contribution in [3.63, 3.8) is 0 Å². The summed E-state index contributed by atoms with van der Waals surface area (Å²) >= 11 is 1.47. The topological polar surface area (TPSA) is 70.5 Å². The summed E-state index contributed by atoms with van der Waals surface area (Å²) in [6.45, 7) is 0. The van der Waals surface area contributed by atoms with Crippen molar-refractivity contribution >= 4 is 11.8 Å². The third-order valence-electron chi connectivity index (χ3n) is 2.64. The molecule has 0 bridgehead atoms. The van der Waals surface area contributed by atoms with Crippen LogP contribution in [0.1, 0.15) is 11.6 Å². The average Bonchev–Trinajstić information content (AvgIpc) is 2.97. The molecule has 0 aliphatic heterocycles. The Bertz CT molecular complexity index is 517. The molecule has 0 amide bonds. The second kappa shape index (κ2) is 6.49. The van der Waals surface area contributed by atoms with Gasteiger partial charge in [-0.15, -0.1) is 0 Å². The molecule has 2 rings (SSSR count). The highest BCUT2D eigenvalue weighted by atomic mass is 32.2. The van der Waals surface area contributed by atoms with Crippen molar-refractivity contribution in [3.8, 4) is 11.5 Å². The van der Waals surface area contributed by atoms with Crippen LogP contribution in [-0.2, 0) is 0 Å². The van der Waals surface area contributed by atoms with Crippen LogP contribution in [0, 0.1) is 0 Å². The largest absolute Gasteiger partial charge is 0.497 e. The van der Waals surface area contributed by atoms with Gasteiger partial charge >= 0.3 is 0 Å². The number of aromatic nitrogens is 1. The lowest BCUT2D eigenvalue weighted by Crippen LogP contribution is -2.14. The van der Waals surface area contributed by atoms with Gasteiger partial charge in [0.2, 0.25) is 0 Å². The Hall–Kier alpha value is -1.66. The third kappa shape index (κ3) is 3.42. The summed E-state index contributed by atoms with van der Waals surface area (Å²) in [6, 6.07) is 5.44. The van der Waals surface area contributed by atoms with E-state index in [4.69, 9.17) is 19.6 Å². The van der Waals surface area contributed by atoms with Crippen LogP contribution in [0.5, 0.6) is 11.5 Å². The molecule has 0 saturated heterocycles. The summed E-state index contributed by atoms with van der Waals surface area (Å²) in [5, 5.41) is 0.614. The summed E-state index contributed by atoms with van der Waals surface area (Å²) in [6.07, 6.45) is 3.16. The van der Waals surface area contributed by atoms with E-state index in [-0.39, 0.29) is 6.04 Å². The van der Waals surface area contributed by atoms with Crippen molar-refractivity contribution in [1.29, 1.82) is 0 Å². The Labute approximate surface area is 116 Å². The number of thioether (sulfide) groups is 1. The van der Waals surface area contributed by atoms with Gasteiger partial charge in [0, 0.05) is 23.4 Å². The number of nitrogens with zero attached hydrogens (tertiary/aromatic N) is 1. The Kier molecular flexibility index (Phi) is 4.70. The molecule has 2 N–H and O–H groups in total. The molecule has 5 nitrogen and oxygen atoms in total. The van der Waals surface area contributed by atoms with Crippen molar-refractivity contribution in [1.82, 2.24) is 4.98 Å². The van der Waals surface area contributed by atoms with Crippen LogP contribution >= 0.6 is 11.8 Å². The molecule has 1 aromatic heterocycles. The van der Waals surface area contributed by atoms with E-state index < -0.39 is 0 Å². The van der Waals surface area contributed by atoms with Crippen molar-refractivity contribution in [3.05, 3.63) is 36.2 Å². The molecular formula is C13H16N2O3S. The Morgan fingerprint density at radius 3 is 2.84 bits per heavy atom. The standard InChI is InChI=1S/C13H16N2O3S/c1-16-9-3-4-10(12(7-9)17-2)11(14)8-19-13-15-5-6-18-13/h3-7,11H,8,14H2,1-2H3. The van der Waals surface area contributed by atoms with E-state index in [2.05, 4.69) is 4.98 Å². The Morgan fingerprint density at radius 2 is 2.21 bits per heavy atom. The maximum Gasteiger partial charge on any atom is 0.255 e. The minimum atomic E-state index is -0.169. The highest BCUT2D eigenvalue weighted by molar-refractivity contribution is 7.99. The third-order valence-corrected chi connectivity index (χ3v) is 3.61. The fourth-order valence-electron chi connectivity index (χ4n) is 1.66. The van der Waals surface area contributed by atoms with Crippen molar-refractivity contribution in [2.45, 2.75) is 11.3 Å². The van der Waals surface area contributed by atoms with Gasteiger partial charge in [-0.1, -0.05) is 17.8 Å². The molecule has 2 aromatic rings. The molecule has 1 atom stereocenters. The normalized spacial score (nSPS) is 12.2. The zero-order valence-electron chi connectivity index (χ0n) is 10.8. The van der Waals surface area contributed by atoms with Gasteiger partial charge in [0.15, 0.2) is 0 Å². The van der Waals surface area contributed by atoms with E-state index in [0.717, 1.165) is 17.1 Å². The number of hydrogen-bond acceptors (Lipinski definition) is 6. The van der Waals surface area contributed by atoms with Gasteiger partial charge in [0.05, 0.1) is 20.4 Å². The molecule has 6 heteroatoms. The lowest BCUT2D eigenvalue weighted by Gasteiger charge is -2.15. The first kappa shape index (κ1) is 13.8. The van der Waals surface area contributed by atoms with Crippen LogP contribution in [0.15, 0.2) is 40.3 Å². The number of methoxy groups -OCH3 is 2. The number of benzene rings is 1. The fourth-order valence-corrected chi connectivity index (χ4v) is 2.42. The highest BCUT2D eigenvalue weighted by Gasteiger charge is 2.14. The van der Waals surface area contributed by atoms with Crippen molar-refractivity contribution < 1.29 is 13.9 Å². The Balaban J connectivity index is 2.07. The molecule has 0 spiro atoms. The molecule has 0 saturated carbocycles. The second-order valence-electron chi connectivity index (χ2n) is 3.82. The number of oxazole rings is 1. The van der Waals surface area contributed by atoms with Gasteiger partial charge < -0.3 is 19.6 Å². The summed E-state index contributed by atoms with van der Waals surface area (Å²) < 4.78 is 15.7. The number of ether oxygens (including phenoxy) is 2. The first-order valence-corrected chi connectivity index (χ1v) is 6.73. The van der Waals surface area contributed by atoms with E-state index in [1.54, 1.807) is 26.7 Å². The van der Waals surface area contributed by atoms with Gasteiger partial charge in [0.1, 0.15) is 17.8 Å². The highest BCUT2D eigenvalue weighted by Crippen LogP contribution is 2.31. The molecule has 1 aromatic carbocycles. The van der Waals surface area contributed by atoms with Crippen molar-refractivity contribution in [2.75, 3.05) is 20.0 Å². The van der Waals surface area contributed by atoms with Crippen LogP contribution in [0.4, 0.5) is 0 Å². The van der Waals surface area contributed by atoms with Gasteiger partial charge in [0.25, 0.3) is 5.22 Å². The second-order valence-corrected chi connectivity index (χ2v) is 4.79. The van der Waals surface area contributed by atoms with Crippen LogP contribution < -0.4 is 15.2 Å². The molecule has 1 unspecified atom stereocenters. The molecule has 19 heavy (non-hydrogen) atoms. The lowest BCUT2D eigenvalue weighted by molar-refractivity contribution is 0.389. The van der Waals surface area contributed by atoms with E-state index in [0.29, 0.717) is 11.0 Å². The number of nitrogens with two attached hydrogens (primary N) is 1. The SMILES string of the molecule is COc1ccc(C(N)CSc2ncco2)c(OC)c1. The van der Waals surface area contributed by atoms with E-state index >= 15 is 0 Å². The summed E-state index contributed by atoms with van der Waals surface area (Å²) in [5.74, 6) is 2.12. The van der Waals surface area contributed by atoms with Gasteiger partial charge in [-0.25, -0.2) is 4.98 Å². The summed E-state index contributed by atoms with van der Waals surface area (Å²) in [4.78, 5) is 4.04. The predicted molar refractivity (Wildman–Crippen MR) is 73.7 cm³/mol. The lowest BCUT2D eigenvalue weighted by atomic mass is 10.1. The van der Waals surface area contributed by atoms with Gasteiger partial charge in [-0.3, -0.25) is 0 Å². The maximum atomic E-state index is 6.17. The Morgan fingerprint density at radius 1 is 1.37 bits per heavy atom. The zero-order chi connectivity index (χ0) is 13.7. The molecule has 102 valence electrons. The van der Waals surface area contributed by atoms with E-state index in [9.17, 15) is 0 Å². The molecule has 0 aliphatic rings. The van der Waals surface area contributed by atoms with Gasteiger partial charge in [-0.05, 0) is 6.07 Å². The van der Waals surface area contributed by atoms with Gasteiger partial charge in [-0.2, -0.15) is 0 Å². The zero-order valence-corrected chi connectivity index (χ0v) is 11.6.